The highest BCUT2D eigenvalue weighted by molar-refractivity contribution is 6.11. The summed E-state index contributed by atoms with van der Waals surface area (Å²) in [5.74, 6) is -1.24. The summed E-state index contributed by atoms with van der Waals surface area (Å²) >= 11 is 0. The van der Waals surface area contributed by atoms with Crippen molar-refractivity contribution in [2.45, 2.75) is 47.3 Å². The molecule has 1 aliphatic heterocycles. The minimum atomic E-state index is -0.457. The molecule has 0 spiro atoms. The van der Waals surface area contributed by atoms with E-state index < -0.39 is 11.9 Å². The van der Waals surface area contributed by atoms with E-state index in [9.17, 15) is 14.4 Å². The van der Waals surface area contributed by atoms with E-state index in [1.165, 1.54) is 17.3 Å². The molecule has 3 heterocycles. The fourth-order valence-electron chi connectivity index (χ4n) is 3.01. The highest BCUT2D eigenvalue weighted by Gasteiger charge is 2.34. The van der Waals surface area contributed by atoms with Crippen LogP contribution in [0.4, 0.5) is 0 Å². The summed E-state index contributed by atoms with van der Waals surface area (Å²) in [5.41, 5.74) is 1.46. The molecule has 0 aliphatic carbocycles. The predicted octanol–water partition coefficient (Wildman–Crippen LogP) is 3.08. The Morgan fingerprint density at radius 3 is 2.43 bits per heavy atom. The number of fused-ring (bicyclic) bond motifs is 1. The van der Waals surface area contributed by atoms with Crippen molar-refractivity contribution < 1.29 is 19.1 Å². The molecular weight excluding hydrogens is 358 g/mol. The first-order valence-corrected chi connectivity index (χ1v) is 9.28. The molecule has 0 fully saturated rings. The number of rotatable bonds is 3. The summed E-state index contributed by atoms with van der Waals surface area (Å²) in [6, 6.07) is 3.15. The first kappa shape index (κ1) is 19.8. The predicted molar refractivity (Wildman–Crippen MR) is 103 cm³/mol. The van der Waals surface area contributed by atoms with Gasteiger partial charge in [-0.2, -0.15) is 0 Å². The number of amides is 2. The monoisotopic (exact) mass is 383 g/mol. The van der Waals surface area contributed by atoms with Crippen LogP contribution in [0.2, 0.25) is 0 Å². The SMILES string of the molecule is Cc1c(C(=O)OC(C)C(C)(C)C)cn2c1C(=O)N(C(=O)c1ccncc1)CC2. The van der Waals surface area contributed by atoms with E-state index >= 15 is 0 Å². The lowest BCUT2D eigenvalue weighted by atomic mass is 9.90. The number of imide groups is 1. The number of aromatic nitrogens is 2. The molecule has 0 bridgehead atoms. The molecule has 2 amide bonds. The lowest BCUT2D eigenvalue weighted by Gasteiger charge is -2.27. The number of carbonyl (C=O) groups is 3. The van der Waals surface area contributed by atoms with Gasteiger partial charge in [0, 0.05) is 37.2 Å². The zero-order valence-corrected chi connectivity index (χ0v) is 16.9. The largest absolute Gasteiger partial charge is 0.458 e. The van der Waals surface area contributed by atoms with Gasteiger partial charge in [0.1, 0.15) is 11.8 Å². The quantitative estimate of drug-likeness (QED) is 0.601. The maximum absolute atomic E-state index is 13.0. The minimum absolute atomic E-state index is 0.188. The Morgan fingerprint density at radius 2 is 1.82 bits per heavy atom. The molecule has 3 rings (SSSR count). The van der Waals surface area contributed by atoms with Crippen LogP contribution in [0.1, 0.15) is 64.5 Å². The molecule has 2 aromatic rings. The van der Waals surface area contributed by atoms with Gasteiger partial charge in [0.15, 0.2) is 0 Å². The van der Waals surface area contributed by atoms with Gasteiger partial charge in [-0.3, -0.25) is 19.5 Å². The molecule has 28 heavy (non-hydrogen) atoms. The second-order valence-corrected chi connectivity index (χ2v) is 8.12. The zero-order valence-electron chi connectivity index (χ0n) is 16.9. The van der Waals surface area contributed by atoms with Crippen LogP contribution in [0.5, 0.6) is 0 Å². The molecule has 0 radical (unpaired) electrons. The van der Waals surface area contributed by atoms with Crippen molar-refractivity contribution in [3.05, 3.63) is 53.1 Å². The minimum Gasteiger partial charge on any atom is -0.458 e. The molecule has 7 nitrogen and oxygen atoms in total. The van der Waals surface area contributed by atoms with Crippen LogP contribution in [-0.2, 0) is 11.3 Å². The van der Waals surface area contributed by atoms with Gasteiger partial charge < -0.3 is 9.30 Å². The molecule has 7 heteroatoms. The second-order valence-electron chi connectivity index (χ2n) is 8.12. The molecule has 0 saturated heterocycles. The second kappa shape index (κ2) is 7.22. The van der Waals surface area contributed by atoms with Crippen LogP contribution in [0.3, 0.4) is 0 Å². The van der Waals surface area contributed by atoms with Crippen molar-refractivity contribution in [2.24, 2.45) is 5.41 Å². The van der Waals surface area contributed by atoms with Gasteiger partial charge in [-0.15, -0.1) is 0 Å². The Hall–Kier alpha value is -2.96. The van der Waals surface area contributed by atoms with Crippen molar-refractivity contribution in [3.8, 4) is 0 Å². The number of esters is 1. The Bertz CT molecular complexity index is 925. The smallest absolute Gasteiger partial charge is 0.340 e. The number of carbonyl (C=O) groups excluding carboxylic acids is 3. The van der Waals surface area contributed by atoms with E-state index in [0.29, 0.717) is 28.9 Å². The fraction of sp³-hybridized carbons (Fsp3) is 0.429. The highest BCUT2D eigenvalue weighted by Crippen LogP contribution is 2.27. The van der Waals surface area contributed by atoms with Gasteiger partial charge in [0.25, 0.3) is 11.8 Å². The van der Waals surface area contributed by atoms with Gasteiger partial charge in [-0.1, -0.05) is 20.8 Å². The maximum Gasteiger partial charge on any atom is 0.340 e. The number of hydrogen-bond donors (Lipinski definition) is 0. The summed E-state index contributed by atoms with van der Waals surface area (Å²) < 4.78 is 7.32. The lowest BCUT2D eigenvalue weighted by Crippen LogP contribution is -2.44. The molecule has 1 unspecified atom stereocenters. The van der Waals surface area contributed by atoms with Gasteiger partial charge in [-0.25, -0.2) is 4.79 Å². The molecule has 0 saturated carbocycles. The summed E-state index contributed by atoms with van der Waals surface area (Å²) in [7, 11) is 0. The first-order valence-electron chi connectivity index (χ1n) is 9.28. The molecule has 148 valence electrons. The van der Waals surface area contributed by atoms with Crippen molar-refractivity contribution in [1.29, 1.82) is 0 Å². The normalized spacial score (nSPS) is 15.2. The van der Waals surface area contributed by atoms with Gasteiger partial charge in [0.05, 0.1) is 5.56 Å². The third-order valence-corrected chi connectivity index (χ3v) is 5.24. The Kier molecular flexibility index (Phi) is 5.10. The van der Waals surface area contributed by atoms with Crippen LogP contribution < -0.4 is 0 Å². The van der Waals surface area contributed by atoms with Crippen LogP contribution >= 0.6 is 0 Å². The first-order chi connectivity index (χ1) is 13.1. The van der Waals surface area contributed by atoms with Crippen LogP contribution in [-0.4, -0.2) is 44.9 Å². The van der Waals surface area contributed by atoms with E-state index in [4.69, 9.17) is 4.74 Å². The van der Waals surface area contributed by atoms with E-state index in [1.807, 2.05) is 27.7 Å². The average Bonchev–Trinajstić information content (AvgIpc) is 2.99. The summed E-state index contributed by atoms with van der Waals surface area (Å²) in [4.78, 5) is 43.4. The number of nitrogens with zero attached hydrogens (tertiary/aromatic N) is 3. The topological polar surface area (TPSA) is 81.5 Å². The van der Waals surface area contributed by atoms with Crippen molar-refractivity contribution in [3.63, 3.8) is 0 Å². The van der Waals surface area contributed by atoms with E-state index in [0.717, 1.165) is 0 Å². The highest BCUT2D eigenvalue weighted by atomic mass is 16.5. The number of ether oxygens (including phenoxy) is 1. The van der Waals surface area contributed by atoms with Gasteiger partial charge in [-0.05, 0) is 37.0 Å². The maximum atomic E-state index is 13.0. The Balaban J connectivity index is 1.87. The zero-order chi connectivity index (χ0) is 20.6. The van der Waals surface area contributed by atoms with Crippen molar-refractivity contribution in [1.82, 2.24) is 14.5 Å². The van der Waals surface area contributed by atoms with E-state index in [-0.39, 0.29) is 24.0 Å². The number of pyridine rings is 1. The van der Waals surface area contributed by atoms with Crippen LogP contribution in [0.15, 0.2) is 30.7 Å². The molecule has 1 aliphatic rings. The number of hydrogen-bond acceptors (Lipinski definition) is 5. The fourth-order valence-corrected chi connectivity index (χ4v) is 3.01. The summed E-state index contributed by atoms with van der Waals surface area (Å²) in [6.45, 7) is 10.2. The van der Waals surface area contributed by atoms with Crippen molar-refractivity contribution in [2.75, 3.05) is 6.54 Å². The third-order valence-electron chi connectivity index (χ3n) is 5.24. The van der Waals surface area contributed by atoms with Crippen molar-refractivity contribution >= 4 is 17.8 Å². The Morgan fingerprint density at radius 1 is 1.18 bits per heavy atom. The lowest BCUT2D eigenvalue weighted by molar-refractivity contribution is 0.00471. The van der Waals surface area contributed by atoms with E-state index in [1.54, 1.807) is 29.8 Å². The molecule has 0 aromatic carbocycles. The van der Waals surface area contributed by atoms with Crippen LogP contribution in [0, 0.1) is 12.3 Å². The van der Waals surface area contributed by atoms with Gasteiger partial charge in [0.2, 0.25) is 0 Å². The standard InChI is InChI=1S/C21H25N3O4/c1-13-16(20(27)28-14(2)21(3,4)5)12-23-10-11-24(19(26)17(13)23)18(25)15-6-8-22-9-7-15/h6-9,12,14H,10-11H2,1-5H3. The third kappa shape index (κ3) is 3.56. The molecule has 0 N–H and O–H groups in total. The van der Waals surface area contributed by atoms with E-state index in [2.05, 4.69) is 4.98 Å². The van der Waals surface area contributed by atoms with Gasteiger partial charge >= 0.3 is 5.97 Å². The summed E-state index contributed by atoms with van der Waals surface area (Å²) in [6.07, 6.45) is 4.39. The average molecular weight is 383 g/mol. The molecule has 2 aromatic heterocycles. The Labute approximate surface area is 164 Å². The summed E-state index contributed by atoms with van der Waals surface area (Å²) in [5, 5.41) is 0. The van der Waals surface area contributed by atoms with Crippen LogP contribution in [0.25, 0.3) is 0 Å². The molecule has 1 atom stereocenters. The molecular formula is C21H25N3O4.